The summed E-state index contributed by atoms with van der Waals surface area (Å²) in [5, 5.41) is 4.18. The van der Waals surface area contributed by atoms with Crippen LogP contribution in [0.1, 0.15) is 39.0 Å². The van der Waals surface area contributed by atoms with Crippen LogP contribution in [-0.2, 0) is 4.74 Å². The van der Waals surface area contributed by atoms with Crippen LogP contribution in [0.3, 0.4) is 0 Å². The van der Waals surface area contributed by atoms with Crippen molar-refractivity contribution in [1.82, 2.24) is 5.32 Å². The first-order valence-corrected chi connectivity index (χ1v) is 7.38. The maximum atomic E-state index is 5.01. The molecule has 0 aromatic rings. The van der Waals surface area contributed by atoms with Gasteiger partial charge >= 0.3 is 0 Å². The lowest BCUT2D eigenvalue weighted by molar-refractivity contribution is 0.109. The van der Waals surface area contributed by atoms with Gasteiger partial charge in [-0.1, -0.05) is 26.2 Å². The van der Waals surface area contributed by atoms with Gasteiger partial charge in [0.2, 0.25) is 0 Å². The molecule has 15 heavy (non-hydrogen) atoms. The Bertz CT molecular complexity index is 119. The van der Waals surface area contributed by atoms with Gasteiger partial charge in [-0.3, -0.25) is 0 Å². The van der Waals surface area contributed by atoms with Crippen molar-refractivity contribution in [3.63, 3.8) is 0 Å². The molecule has 1 N–H and O–H groups in total. The van der Waals surface area contributed by atoms with Crippen LogP contribution < -0.4 is 5.32 Å². The molecular weight excluding hydrogens is 206 g/mol. The fourth-order valence-corrected chi connectivity index (χ4v) is 3.12. The highest BCUT2D eigenvalue weighted by Gasteiger charge is 2.11. The second kappa shape index (κ2) is 9.49. The molecule has 2 fully saturated rings. The molecule has 3 heteroatoms. The SMILES string of the molecule is C1COCCN1.CCSC1CCCCC1. The molecule has 1 saturated heterocycles. The van der Waals surface area contributed by atoms with E-state index in [-0.39, 0.29) is 0 Å². The summed E-state index contributed by atoms with van der Waals surface area (Å²) in [4.78, 5) is 0. The van der Waals surface area contributed by atoms with Crippen molar-refractivity contribution >= 4 is 11.8 Å². The number of ether oxygens (including phenoxy) is 1. The number of rotatable bonds is 2. The summed E-state index contributed by atoms with van der Waals surface area (Å²) >= 11 is 2.15. The maximum absolute atomic E-state index is 5.01. The number of nitrogens with one attached hydrogen (secondary N) is 1. The highest BCUT2D eigenvalue weighted by molar-refractivity contribution is 7.99. The lowest BCUT2D eigenvalue weighted by Crippen LogP contribution is -2.30. The summed E-state index contributed by atoms with van der Waals surface area (Å²) in [6.07, 6.45) is 7.42. The zero-order valence-electron chi connectivity index (χ0n) is 9.96. The van der Waals surface area contributed by atoms with Gasteiger partial charge in [-0.2, -0.15) is 11.8 Å². The van der Waals surface area contributed by atoms with Gasteiger partial charge in [0.25, 0.3) is 0 Å². The summed E-state index contributed by atoms with van der Waals surface area (Å²) < 4.78 is 5.01. The highest BCUT2D eigenvalue weighted by atomic mass is 32.2. The van der Waals surface area contributed by atoms with Crippen LogP contribution in [0.25, 0.3) is 0 Å². The third-order valence-corrected chi connectivity index (χ3v) is 4.08. The van der Waals surface area contributed by atoms with Gasteiger partial charge in [-0.15, -0.1) is 0 Å². The third-order valence-electron chi connectivity index (χ3n) is 2.80. The van der Waals surface area contributed by atoms with E-state index in [1.54, 1.807) is 0 Å². The van der Waals surface area contributed by atoms with Gasteiger partial charge in [0.1, 0.15) is 0 Å². The van der Waals surface area contributed by atoms with Crippen LogP contribution in [-0.4, -0.2) is 37.3 Å². The van der Waals surface area contributed by atoms with Gasteiger partial charge in [-0.25, -0.2) is 0 Å². The van der Waals surface area contributed by atoms with Crippen LogP contribution in [0.2, 0.25) is 0 Å². The van der Waals surface area contributed by atoms with Crippen molar-refractivity contribution < 1.29 is 4.74 Å². The van der Waals surface area contributed by atoms with Crippen molar-refractivity contribution in [2.75, 3.05) is 32.1 Å². The van der Waals surface area contributed by atoms with Crippen LogP contribution in [0, 0.1) is 0 Å². The Kier molecular flexibility index (Phi) is 8.44. The standard InChI is InChI=1S/C8H16S.C4H9NO/c1-2-9-8-6-4-3-5-7-8;1-3-6-4-2-5-1/h8H,2-7H2,1H3;5H,1-4H2. The largest absolute Gasteiger partial charge is 0.379 e. The highest BCUT2D eigenvalue weighted by Crippen LogP contribution is 2.27. The molecule has 0 unspecified atom stereocenters. The van der Waals surface area contributed by atoms with Crippen molar-refractivity contribution in [1.29, 1.82) is 0 Å². The van der Waals surface area contributed by atoms with Crippen LogP contribution in [0.5, 0.6) is 0 Å². The Balaban J connectivity index is 0.000000162. The Morgan fingerprint density at radius 3 is 2.20 bits per heavy atom. The third kappa shape index (κ3) is 7.20. The first-order chi connectivity index (χ1) is 7.43. The van der Waals surface area contributed by atoms with Gasteiger partial charge in [0.05, 0.1) is 13.2 Å². The predicted octanol–water partition coefficient (Wildman–Crippen LogP) is 2.68. The monoisotopic (exact) mass is 231 g/mol. The number of hydrogen-bond donors (Lipinski definition) is 1. The predicted molar refractivity (Wildman–Crippen MR) is 68.7 cm³/mol. The molecule has 0 bridgehead atoms. The van der Waals surface area contributed by atoms with Crippen molar-refractivity contribution in [3.8, 4) is 0 Å². The zero-order chi connectivity index (χ0) is 10.8. The summed E-state index contributed by atoms with van der Waals surface area (Å²) in [6, 6.07) is 0. The molecule has 2 rings (SSSR count). The minimum absolute atomic E-state index is 0.889. The molecule has 0 amide bonds. The average molecular weight is 231 g/mol. The number of morpholine rings is 1. The molecule has 0 atom stereocenters. The van der Waals surface area contributed by atoms with E-state index in [1.807, 2.05) is 0 Å². The van der Waals surface area contributed by atoms with E-state index in [9.17, 15) is 0 Å². The summed E-state index contributed by atoms with van der Waals surface area (Å²) in [7, 11) is 0. The minimum Gasteiger partial charge on any atom is -0.379 e. The fourth-order valence-electron chi connectivity index (χ4n) is 1.98. The normalized spacial score (nSPS) is 23.0. The maximum Gasteiger partial charge on any atom is 0.0591 e. The summed E-state index contributed by atoms with van der Waals surface area (Å²) in [6.45, 7) is 6.10. The molecule has 1 heterocycles. The van der Waals surface area contributed by atoms with Crippen molar-refractivity contribution in [2.24, 2.45) is 0 Å². The Morgan fingerprint density at radius 2 is 1.80 bits per heavy atom. The molecule has 2 aliphatic rings. The second-order valence-corrected chi connectivity index (χ2v) is 5.66. The molecule has 0 spiro atoms. The Labute approximate surface area is 98.5 Å². The van der Waals surface area contributed by atoms with Crippen LogP contribution in [0.4, 0.5) is 0 Å². The molecule has 0 aromatic carbocycles. The van der Waals surface area contributed by atoms with E-state index in [2.05, 4.69) is 24.0 Å². The Morgan fingerprint density at radius 1 is 1.13 bits per heavy atom. The molecule has 2 nitrogen and oxygen atoms in total. The smallest absolute Gasteiger partial charge is 0.0591 e. The number of thioether (sulfide) groups is 1. The topological polar surface area (TPSA) is 21.3 Å². The van der Waals surface area contributed by atoms with E-state index in [1.165, 1.54) is 37.9 Å². The Hall–Kier alpha value is 0.270. The molecule has 0 aromatic heterocycles. The molecule has 1 aliphatic heterocycles. The van der Waals surface area contributed by atoms with Gasteiger partial charge < -0.3 is 10.1 Å². The first kappa shape index (κ1) is 13.3. The van der Waals surface area contributed by atoms with E-state index in [0.717, 1.165) is 31.6 Å². The van der Waals surface area contributed by atoms with Gasteiger partial charge in [-0.05, 0) is 18.6 Å². The summed E-state index contributed by atoms with van der Waals surface area (Å²) in [5.41, 5.74) is 0. The molecule has 1 aliphatic carbocycles. The number of hydrogen-bond acceptors (Lipinski definition) is 3. The molecular formula is C12H25NOS. The molecule has 90 valence electrons. The molecule has 0 radical (unpaired) electrons. The van der Waals surface area contributed by atoms with Crippen molar-refractivity contribution in [2.45, 2.75) is 44.3 Å². The summed E-state index contributed by atoms with van der Waals surface area (Å²) in [5.74, 6) is 1.31. The van der Waals surface area contributed by atoms with Gasteiger partial charge in [0, 0.05) is 18.3 Å². The zero-order valence-corrected chi connectivity index (χ0v) is 10.8. The van der Waals surface area contributed by atoms with Crippen LogP contribution in [0.15, 0.2) is 0 Å². The van der Waals surface area contributed by atoms with Crippen LogP contribution >= 0.6 is 11.8 Å². The van der Waals surface area contributed by atoms with E-state index >= 15 is 0 Å². The quantitative estimate of drug-likeness (QED) is 0.789. The van der Waals surface area contributed by atoms with Gasteiger partial charge in [0.15, 0.2) is 0 Å². The van der Waals surface area contributed by atoms with Crippen molar-refractivity contribution in [3.05, 3.63) is 0 Å². The fraction of sp³-hybridized carbons (Fsp3) is 1.00. The van der Waals surface area contributed by atoms with E-state index in [0.29, 0.717) is 0 Å². The molecule has 1 saturated carbocycles. The lowest BCUT2D eigenvalue weighted by atomic mass is 10.0. The minimum atomic E-state index is 0.889. The first-order valence-electron chi connectivity index (χ1n) is 6.33. The second-order valence-electron chi connectivity index (χ2n) is 4.08. The lowest BCUT2D eigenvalue weighted by Gasteiger charge is -2.19. The van der Waals surface area contributed by atoms with E-state index in [4.69, 9.17) is 4.74 Å². The van der Waals surface area contributed by atoms with E-state index < -0.39 is 0 Å². The average Bonchev–Trinajstić information content (AvgIpc) is 2.34.